The van der Waals surface area contributed by atoms with Crippen LogP contribution in [0.3, 0.4) is 0 Å². The number of hydrogen-bond acceptors (Lipinski definition) is 4. The zero-order valence-corrected chi connectivity index (χ0v) is 7.57. The van der Waals surface area contributed by atoms with Gasteiger partial charge in [0.15, 0.2) is 0 Å². The minimum atomic E-state index is 0.393. The fourth-order valence-corrected chi connectivity index (χ4v) is 1.04. The van der Waals surface area contributed by atoms with Gasteiger partial charge in [-0.1, -0.05) is 6.92 Å². The van der Waals surface area contributed by atoms with Crippen LogP contribution in [0.2, 0.25) is 0 Å². The summed E-state index contributed by atoms with van der Waals surface area (Å²) in [4.78, 5) is 3.64. The summed E-state index contributed by atoms with van der Waals surface area (Å²) >= 11 is 1.41. The van der Waals surface area contributed by atoms with Crippen LogP contribution in [0.5, 0.6) is 0 Å². The predicted molar refractivity (Wildman–Crippen MR) is 50.5 cm³/mol. The quantitative estimate of drug-likeness (QED) is 0.400. The molecule has 1 N–H and O–H groups in total. The highest BCUT2D eigenvalue weighted by Crippen LogP contribution is 2.10. The van der Waals surface area contributed by atoms with Gasteiger partial charge in [-0.25, -0.2) is 0 Å². The van der Waals surface area contributed by atoms with Crippen molar-refractivity contribution in [3.63, 3.8) is 0 Å². The summed E-state index contributed by atoms with van der Waals surface area (Å²) in [7, 11) is 1.52. The summed E-state index contributed by atoms with van der Waals surface area (Å²) in [6, 6.07) is 0. The van der Waals surface area contributed by atoms with Crippen LogP contribution in [-0.4, -0.2) is 24.6 Å². The van der Waals surface area contributed by atoms with Gasteiger partial charge in [-0.15, -0.1) is 11.8 Å². The lowest BCUT2D eigenvalue weighted by molar-refractivity contribution is 0.335. The van der Waals surface area contributed by atoms with Crippen LogP contribution >= 0.6 is 11.8 Å². The number of nitrogens with one attached hydrogen (secondary N) is 1. The van der Waals surface area contributed by atoms with E-state index in [1.165, 1.54) is 25.1 Å². The molecule has 11 heavy (non-hydrogen) atoms. The molecule has 0 aliphatic rings. The first kappa shape index (κ1) is 10.2. The minimum absolute atomic E-state index is 0.393. The number of aliphatic imine (C=N–C) groups is 1. The number of rotatable bonds is 4. The molecule has 0 aromatic rings. The molecule has 0 aromatic carbocycles. The van der Waals surface area contributed by atoms with Crippen molar-refractivity contribution in [2.75, 3.05) is 12.9 Å². The average molecular weight is 172 g/mol. The lowest BCUT2D eigenvalue weighted by atomic mass is 10.5. The minimum Gasteiger partial charge on any atom is -0.502 e. The molecular formula is C7H12N2OS. The molecule has 0 unspecified atom stereocenters. The fourth-order valence-electron chi connectivity index (χ4n) is 0.492. The third-order valence-electron chi connectivity index (χ3n) is 0.921. The Bertz CT molecular complexity index is 177. The molecule has 62 valence electrons. The summed E-state index contributed by atoms with van der Waals surface area (Å²) in [6.07, 6.45) is 1.41. The molecule has 0 saturated carbocycles. The molecule has 0 bridgehead atoms. The highest BCUT2D eigenvalue weighted by molar-refractivity contribution is 8.14. The van der Waals surface area contributed by atoms with E-state index in [-0.39, 0.29) is 0 Å². The number of ether oxygens (including phenoxy) is 1. The maximum atomic E-state index is 7.43. The molecule has 0 spiro atoms. The van der Waals surface area contributed by atoms with Crippen LogP contribution in [0.1, 0.15) is 6.92 Å². The largest absolute Gasteiger partial charge is 0.502 e. The summed E-state index contributed by atoms with van der Waals surface area (Å²) in [5.41, 5.74) is 0.486. The highest BCUT2D eigenvalue weighted by Gasteiger charge is 2.01. The third-order valence-corrected chi connectivity index (χ3v) is 1.71. The highest BCUT2D eigenvalue weighted by atomic mass is 32.2. The zero-order valence-electron chi connectivity index (χ0n) is 6.76. The van der Waals surface area contributed by atoms with Crippen LogP contribution in [0.4, 0.5) is 0 Å². The topological polar surface area (TPSA) is 45.4 Å². The van der Waals surface area contributed by atoms with Crippen molar-refractivity contribution in [1.29, 1.82) is 5.41 Å². The Hall–Kier alpha value is -0.770. The molecule has 4 heteroatoms. The van der Waals surface area contributed by atoms with Crippen LogP contribution in [0.15, 0.2) is 17.0 Å². The maximum Gasteiger partial charge on any atom is 0.128 e. The molecule has 0 amide bonds. The van der Waals surface area contributed by atoms with Gasteiger partial charge in [0.2, 0.25) is 0 Å². The first-order valence-corrected chi connectivity index (χ1v) is 4.16. The van der Waals surface area contributed by atoms with Crippen LogP contribution in [-0.2, 0) is 4.74 Å². The van der Waals surface area contributed by atoms with E-state index in [0.717, 1.165) is 5.75 Å². The van der Waals surface area contributed by atoms with Crippen molar-refractivity contribution in [3.05, 3.63) is 12.0 Å². The molecule has 0 heterocycles. The molecule has 0 aliphatic carbocycles. The smallest absolute Gasteiger partial charge is 0.128 e. The number of thioether (sulfide) groups is 1. The van der Waals surface area contributed by atoms with Gasteiger partial charge in [-0.3, -0.25) is 10.4 Å². The Morgan fingerprint density at radius 1 is 1.82 bits per heavy atom. The summed E-state index contributed by atoms with van der Waals surface area (Å²) in [5.74, 6) is 0.857. The van der Waals surface area contributed by atoms with Crippen molar-refractivity contribution in [2.45, 2.75) is 6.92 Å². The molecule has 0 aromatic heterocycles. The van der Waals surface area contributed by atoms with Gasteiger partial charge in [0, 0.05) is 0 Å². The van der Waals surface area contributed by atoms with Gasteiger partial charge in [0.25, 0.3) is 0 Å². The second-order valence-electron chi connectivity index (χ2n) is 1.66. The van der Waals surface area contributed by atoms with Gasteiger partial charge in [0.1, 0.15) is 17.0 Å². The van der Waals surface area contributed by atoms with E-state index in [0.29, 0.717) is 10.7 Å². The van der Waals surface area contributed by atoms with Gasteiger partial charge in [-0.05, 0) is 12.5 Å². The predicted octanol–water partition coefficient (Wildman–Crippen LogP) is 1.91. The first-order valence-electron chi connectivity index (χ1n) is 3.17. The van der Waals surface area contributed by atoms with E-state index >= 15 is 0 Å². The lowest BCUT2D eigenvalue weighted by Crippen LogP contribution is -1.94. The van der Waals surface area contributed by atoms with Crippen LogP contribution in [0, 0.1) is 5.41 Å². The second kappa shape index (κ2) is 5.97. The Balaban J connectivity index is 4.14. The van der Waals surface area contributed by atoms with E-state index in [1.807, 2.05) is 6.92 Å². The molecule has 0 rings (SSSR count). The summed E-state index contributed by atoms with van der Waals surface area (Å²) < 4.78 is 4.71. The third kappa shape index (κ3) is 3.83. The average Bonchev–Trinajstić information content (AvgIpc) is 2.00. The van der Waals surface area contributed by atoms with Crippen LogP contribution in [0.25, 0.3) is 0 Å². The lowest BCUT2D eigenvalue weighted by Gasteiger charge is -2.00. The monoisotopic (exact) mass is 172 g/mol. The molecule has 0 saturated heterocycles. The maximum absolute atomic E-state index is 7.43. The summed E-state index contributed by atoms with van der Waals surface area (Å²) in [6.45, 7) is 5.31. The van der Waals surface area contributed by atoms with Gasteiger partial charge >= 0.3 is 0 Å². The van der Waals surface area contributed by atoms with Gasteiger partial charge < -0.3 is 4.74 Å². The molecule has 0 radical (unpaired) electrons. The normalized spacial score (nSPS) is 10.9. The molecule has 0 atom stereocenters. The molecule has 0 aliphatic heterocycles. The van der Waals surface area contributed by atoms with Gasteiger partial charge in [-0.2, -0.15) is 0 Å². The van der Waals surface area contributed by atoms with E-state index in [1.54, 1.807) is 0 Å². The second-order valence-corrected chi connectivity index (χ2v) is 2.93. The van der Waals surface area contributed by atoms with E-state index in [2.05, 4.69) is 11.7 Å². The number of nitrogens with zero attached hydrogens (tertiary/aromatic N) is 1. The van der Waals surface area contributed by atoms with Crippen molar-refractivity contribution in [1.82, 2.24) is 0 Å². The van der Waals surface area contributed by atoms with E-state index in [9.17, 15) is 0 Å². The number of methoxy groups -OCH3 is 1. The van der Waals surface area contributed by atoms with E-state index in [4.69, 9.17) is 10.1 Å². The fraction of sp³-hybridized carbons (Fsp3) is 0.429. The molecule has 3 nitrogen and oxygen atoms in total. The zero-order chi connectivity index (χ0) is 8.69. The van der Waals surface area contributed by atoms with Crippen molar-refractivity contribution < 1.29 is 4.74 Å². The standard InChI is InChI=1S/C7H12N2OS/c1-4-11-7(8)6(9-2)5-10-3/h5,8H,2,4H2,1,3H3/b6-5-,8-7?. The van der Waals surface area contributed by atoms with Gasteiger partial charge in [0.05, 0.1) is 7.11 Å². The van der Waals surface area contributed by atoms with Crippen molar-refractivity contribution >= 4 is 23.5 Å². The van der Waals surface area contributed by atoms with Crippen molar-refractivity contribution in [2.24, 2.45) is 4.99 Å². The van der Waals surface area contributed by atoms with Crippen molar-refractivity contribution in [3.8, 4) is 0 Å². The molecule has 0 fully saturated rings. The Kier molecular flexibility index (Phi) is 5.56. The number of hydrogen-bond donors (Lipinski definition) is 1. The summed E-state index contributed by atoms with van der Waals surface area (Å²) in [5, 5.41) is 7.82. The van der Waals surface area contributed by atoms with Crippen LogP contribution < -0.4 is 0 Å². The first-order chi connectivity index (χ1) is 5.26. The Morgan fingerprint density at radius 2 is 2.45 bits per heavy atom. The Labute approximate surface area is 71.1 Å². The Morgan fingerprint density at radius 3 is 2.82 bits per heavy atom. The molecular weight excluding hydrogens is 160 g/mol. The van der Waals surface area contributed by atoms with E-state index < -0.39 is 0 Å². The SMILES string of the molecule is C=N/C(=C\OC)C(=N)SCC.